The standard InChI is InChI=1S/C23H28N2O4/c1-15-19-12-18(10-11-20(19)28-21(15)14-24-5)27-17-8-6-16(7-9-17)13-25-22(26)29-23(2,3)4/h6-12,24H,13-14H2,1-5H3,(H,25,26). The van der Waals surface area contributed by atoms with E-state index in [4.69, 9.17) is 13.9 Å². The minimum Gasteiger partial charge on any atom is -0.459 e. The molecular weight excluding hydrogens is 368 g/mol. The Hall–Kier alpha value is -2.99. The van der Waals surface area contributed by atoms with E-state index in [9.17, 15) is 4.79 Å². The van der Waals surface area contributed by atoms with Crippen LogP contribution >= 0.6 is 0 Å². The number of aryl methyl sites for hydroxylation is 1. The zero-order valence-corrected chi connectivity index (χ0v) is 17.6. The van der Waals surface area contributed by atoms with Crippen LogP contribution in [0.25, 0.3) is 11.0 Å². The van der Waals surface area contributed by atoms with Gasteiger partial charge in [0.1, 0.15) is 28.4 Å². The van der Waals surface area contributed by atoms with Crippen LogP contribution in [0, 0.1) is 6.92 Å². The second kappa shape index (κ2) is 8.57. The van der Waals surface area contributed by atoms with Crippen molar-refractivity contribution in [2.45, 2.75) is 46.4 Å². The molecule has 2 aromatic carbocycles. The van der Waals surface area contributed by atoms with Gasteiger partial charge in [0.2, 0.25) is 0 Å². The van der Waals surface area contributed by atoms with Gasteiger partial charge in [-0.25, -0.2) is 4.79 Å². The molecular formula is C23H28N2O4. The van der Waals surface area contributed by atoms with Crippen LogP contribution in [-0.2, 0) is 17.8 Å². The number of nitrogens with one attached hydrogen (secondary N) is 2. The Morgan fingerprint density at radius 3 is 2.38 bits per heavy atom. The number of hydrogen-bond donors (Lipinski definition) is 2. The number of hydrogen-bond acceptors (Lipinski definition) is 5. The van der Waals surface area contributed by atoms with Gasteiger partial charge in [0.15, 0.2) is 0 Å². The van der Waals surface area contributed by atoms with E-state index in [0.717, 1.165) is 39.4 Å². The first-order valence-electron chi connectivity index (χ1n) is 9.65. The molecule has 3 rings (SSSR count). The maximum atomic E-state index is 11.7. The summed E-state index contributed by atoms with van der Waals surface area (Å²) in [6.07, 6.45) is -0.431. The van der Waals surface area contributed by atoms with Gasteiger partial charge in [-0.15, -0.1) is 0 Å². The predicted molar refractivity (Wildman–Crippen MR) is 113 cm³/mol. The van der Waals surface area contributed by atoms with Crippen molar-refractivity contribution in [3.8, 4) is 11.5 Å². The Balaban J connectivity index is 1.63. The van der Waals surface area contributed by atoms with Crippen molar-refractivity contribution >= 4 is 17.1 Å². The quantitative estimate of drug-likeness (QED) is 0.593. The summed E-state index contributed by atoms with van der Waals surface area (Å²) in [4.78, 5) is 11.7. The third kappa shape index (κ3) is 5.51. The number of rotatable bonds is 6. The monoisotopic (exact) mass is 396 g/mol. The second-order valence-corrected chi connectivity index (χ2v) is 7.94. The molecule has 6 nitrogen and oxygen atoms in total. The molecule has 1 aromatic heterocycles. The summed E-state index contributed by atoms with van der Waals surface area (Å²) in [7, 11) is 1.90. The van der Waals surface area contributed by atoms with Crippen LogP contribution in [0.15, 0.2) is 46.9 Å². The molecule has 29 heavy (non-hydrogen) atoms. The van der Waals surface area contributed by atoms with E-state index in [1.165, 1.54) is 0 Å². The molecule has 1 amide bonds. The molecule has 0 saturated heterocycles. The molecule has 0 aliphatic carbocycles. The number of alkyl carbamates (subject to hydrolysis) is 1. The minimum absolute atomic E-state index is 0.392. The van der Waals surface area contributed by atoms with Gasteiger partial charge in [-0.1, -0.05) is 12.1 Å². The largest absolute Gasteiger partial charge is 0.459 e. The third-order valence-corrected chi connectivity index (χ3v) is 4.34. The molecule has 0 aliphatic rings. The van der Waals surface area contributed by atoms with E-state index in [1.807, 2.05) is 70.3 Å². The highest BCUT2D eigenvalue weighted by atomic mass is 16.6. The highest BCUT2D eigenvalue weighted by Gasteiger charge is 2.15. The van der Waals surface area contributed by atoms with Gasteiger partial charge < -0.3 is 24.5 Å². The van der Waals surface area contributed by atoms with E-state index in [1.54, 1.807) is 0 Å². The van der Waals surface area contributed by atoms with Crippen LogP contribution in [0.1, 0.15) is 37.7 Å². The van der Waals surface area contributed by atoms with Gasteiger partial charge >= 0.3 is 6.09 Å². The number of fused-ring (bicyclic) bond motifs is 1. The van der Waals surface area contributed by atoms with Crippen LogP contribution in [0.3, 0.4) is 0 Å². The fourth-order valence-electron chi connectivity index (χ4n) is 2.94. The zero-order valence-electron chi connectivity index (χ0n) is 17.6. The number of carbonyl (C=O) groups excluding carboxylic acids is 1. The highest BCUT2D eigenvalue weighted by molar-refractivity contribution is 5.83. The van der Waals surface area contributed by atoms with Crippen molar-refractivity contribution in [2.75, 3.05) is 7.05 Å². The summed E-state index contributed by atoms with van der Waals surface area (Å²) in [6.45, 7) is 8.64. The van der Waals surface area contributed by atoms with Gasteiger partial charge in [-0.2, -0.15) is 0 Å². The molecule has 0 radical (unpaired) electrons. The van der Waals surface area contributed by atoms with Crippen LogP contribution in [-0.4, -0.2) is 18.7 Å². The number of furan rings is 1. The number of amides is 1. The summed E-state index contributed by atoms with van der Waals surface area (Å²) in [5, 5.41) is 6.91. The zero-order chi connectivity index (χ0) is 21.0. The summed E-state index contributed by atoms with van der Waals surface area (Å²) in [5.41, 5.74) is 2.41. The summed E-state index contributed by atoms with van der Waals surface area (Å²) >= 11 is 0. The summed E-state index contributed by atoms with van der Waals surface area (Å²) in [6, 6.07) is 13.4. The molecule has 0 fully saturated rings. The molecule has 2 N–H and O–H groups in total. The Morgan fingerprint density at radius 2 is 1.72 bits per heavy atom. The molecule has 0 bridgehead atoms. The fourth-order valence-corrected chi connectivity index (χ4v) is 2.94. The maximum Gasteiger partial charge on any atom is 0.407 e. The Labute approximate surface area is 171 Å². The van der Waals surface area contributed by atoms with Crippen molar-refractivity contribution in [3.05, 3.63) is 59.4 Å². The lowest BCUT2D eigenvalue weighted by molar-refractivity contribution is 0.0523. The van der Waals surface area contributed by atoms with E-state index in [0.29, 0.717) is 13.1 Å². The van der Waals surface area contributed by atoms with Crippen LogP contribution < -0.4 is 15.4 Å². The summed E-state index contributed by atoms with van der Waals surface area (Å²) < 4.78 is 17.1. The molecule has 0 atom stereocenters. The predicted octanol–water partition coefficient (Wildman–Crippen LogP) is 5.28. The number of carbonyl (C=O) groups is 1. The molecule has 1 heterocycles. The Morgan fingerprint density at radius 1 is 1.03 bits per heavy atom. The van der Waals surface area contributed by atoms with E-state index < -0.39 is 11.7 Å². The minimum atomic E-state index is -0.510. The first-order valence-corrected chi connectivity index (χ1v) is 9.65. The van der Waals surface area contributed by atoms with E-state index in [-0.39, 0.29) is 0 Å². The first kappa shape index (κ1) is 20.7. The topological polar surface area (TPSA) is 72.7 Å². The fraction of sp³-hybridized carbons (Fsp3) is 0.348. The smallest absolute Gasteiger partial charge is 0.407 e. The lowest BCUT2D eigenvalue weighted by atomic mass is 10.1. The van der Waals surface area contributed by atoms with E-state index in [2.05, 4.69) is 17.6 Å². The highest BCUT2D eigenvalue weighted by Crippen LogP contribution is 2.31. The lowest BCUT2D eigenvalue weighted by Gasteiger charge is -2.19. The normalized spacial score (nSPS) is 11.5. The number of benzene rings is 2. The molecule has 154 valence electrons. The summed E-state index contributed by atoms with van der Waals surface area (Å²) in [5.74, 6) is 2.40. The van der Waals surface area contributed by atoms with Gasteiger partial charge in [0.05, 0.1) is 6.54 Å². The number of ether oxygens (including phenoxy) is 2. The van der Waals surface area contributed by atoms with Gasteiger partial charge in [0.25, 0.3) is 0 Å². The SMILES string of the molecule is CNCc1oc2ccc(Oc3ccc(CNC(=O)OC(C)(C)C)cc3)cc2c1C. The van der Waals surface area contributed by atoms with Crippen molar-refractivity contribution < 1.29 is 18.7 Å². The second-order valence-electron chi connectivity index (χ2n) is 7.94. The average molecular weight is 396 g/mol. The molecule has 0 aliphatic heterocycles. The average Bonchev–Trinajstić information content (AvgIpc) is 2.96. The van der Waals surface area contributed by atoms with Gasteiger partial charge in [0, 0.05) is 11.9 Å². The Bertz CT molecular complexity index is 985. The molecule has 0 unspecified atom stereocenters. The van der Waals surface area contributed by atoms with Crippen molar-refractivity contribution in [1.29, 1.82) is 0 Å². The van der Waals surface area contributed by atoms with Crippen LogP contribution in [0.4, 0.5) is 4.79 Å². The van der Waals surface area contributed by atoms with Crippen LogP contribution in [0.2, 0.25) is 0 Å². The lowest BCUT2D eigenvalue weighted by Crippen LogP contribution is -2.32. The van der Waals surface area contributed by atoms with Crippen molar-refractivity contribution in [3.63, 3.8) is 0 Å². The molecule has 3 aromatic rings. The molecule has 0 saturated carbocycles. The maximum absolute atomic E-state index is 11.7. The molecule has 0 spiro atoms. The first-order chi connectivity index (χ1) is 13.7. The molecule has 6 heteroatoms. The van der Waals surface area contributed by atoms with Crippen LogP contribution in [0.5, 0.6) is 11.5 Å². The van der Waals surface area contributed by atoms with E-state index >= 15 is 0 Å². The third-order valence-electron chi connectivity index (χ3n) is 4.34. The van der Waals surface area contributed by atoms with Crippen molar-refractivity contribution in [1.82, 2.24) is 10.6 Å². The Kier molecular flexibility index (Phi) is 6.13. The van der Waals surface area contributed by atoms with Crippen molar-refractivity contribution in [2.24, 2.45) is 0 Å². The van der Waals surface area contributed by atoms with Gasteiger partial charge in [-0.3, -0.25) is 0 Å². The van der Waals surface area contributed by atoms with Gasteiger partial charge in [-0.05, 0) is 76.2 Å².